The summed E-state index contributed by atoms with van der Waals surface area (Å²) < 4.78 is 5.24. The van der Waals surface area contributed by atoms with Gasteiger partial charge >= 0.3 is 0 Å². The van der Waals surface area contributed by atoms with E-state index >= 15 is 0 Å². The third-order valence-electron chi connectivity index (χ3n) is 5.14. The summed E-state index contributed by atoms with van der Waals surface area (Å²) in [6.07, 6.45) is 4.23. The lowest BCUT2D eigenvalue weighted by atomic mass is 10.1. The van der Waals surface area contributed by atoms with Crippen molar-refractivity contribution >= 4 is 17.6 Å². The minimum atomic E-state index is 0.154. The summed E-state index contributed by atoms with van der Waals surface area (Å²) in [6, 6.07) is 7.99. The number of aliphatic imine (C=N–C) groups is 2. The summed E-state index contributed by atoms with van der Waals surface area (Å²) in [5.41, 5.74) is 0.980. The van der Waals surface area contributed by atoms with Gasteiger partial charge in [0.2, 0.25) is 5.91 Å². The molecule has 7 heteroatoms. The molecule has 0 radical (unpaired) electrons. The van der Waals surface area contributed by atoms with Crippen LogP contribution in [-0.2, 0) is 11.2 Å². The van der Waals surface area contributed by atoms with Crippen LogP contribution in [0.15, 0.2) is 46.7 Å². The van der Waals surface area contributed by atoms with Crippen molar-refractivity contribution in [2.45, 2.75) is 19.4 Å². The number of methoxy groups -OCH3 is 1. The van der Waals surface area contributed by atoms with Crippen LogP contribution in [0, 0.1) is 0 Å². The van der Waals surface area contributed by atoms with Crippen LogP contribution in [0.4, 0.5) is 0 Å². The van der Waals surface area contributed by atoms with Crippen LogP contribution >= 0.6 is 0 Å². The van der Waals surface area contributed by atoms with E-state index in [9.17, 15) is 4.79 Å². The summed E-state index contributed by atoms with van der Waals surface area (Å²) in [5.74, 6) is 2.83. The first kappa shape index (κ1) is 17.6. The van der Waals surface area contributed by atoms with Gasteiger partial charge in [-0.05, 0) is 24.6 Å². The molecule has 3 heterocycles. The highest BCUT2D eigenvalue weighted by Crippen LogP contribution is 2.18. The second kappa shape index (κ2) is 7.42. The standard InChI is InChI=1S/C20H25N5O2/c1-15-14-25-7-6-21-19(20(25)22-15)24-10-8-23(9-11-24)18(26)13-16-4-3-5-17(12-16)27-2/h3-7,12,15H,8-11,13-14H2,1-2H3/t15-/m0/s1. The van der Waals surface area contributed by atoms with Gasteiger partial charge in [0.05, 0.1) is 19.6 Å². The topological polar surface area (TPSA) is 60.7 Å². The molecule has 1 atom stereocenters. The second-order valence-corrected chi connectivity index (χ2v) is 7.10. The fraction of sp³-hybridized carbons (Fsp3) is 0.450. The molecule has 1 fully saturated rings. The minimum Gasteiger partial charge on any atom is -0.497 e. The fourth-order valence-electron chi connectivity index (χ4n) is 3.71. The Labute approximate surface area is 159 Å². The monoisotopic (exact) mass is 367 g/mol. The molecule has 3 aliphatic rings. The summed E-state index contributed by atoms with van der Waals surface area (Å²) in [4.78, 5) is 28.3. The summed E-state index contributed by atoms with van der Waals surface area (Å²) in [7, 11) is 1.64. The Morgan fingerprint density at radius 2 is 2.04 bits per heavy atom. The van der Waals surface area contributed by atoms with E-state index in [1.54, 1.807) is 7.11 Å². The van der Waals surface area contributed by atoms with E-state index < -0.39 is 0 Å². The molecule has 0 N–H and O–H groups in total. The smallest absolute Gasteiger partial charge is 0.227 e. The van der Waals surface area contributed by atoms with Gasteiger partial charge in [0.15, 0.2) is 11.7 Å². The fourth-order valence-corrected chi connectivity index (χ4v) is 3.71. The molecule has 7 nitrogen and oxygen atoms in total. The molecular weight excluding hydrogens is 342 g/mol. The van der Waals surface area contributed by atoms with Gasteiger partial charge in [0.1, 0.15) is 5.75 Å². The van der Waals surface area contributed by atoms with Crippen molar-refractivity contribution in [1.29, 1.82) is 0 Å². The molecular formula is C20H25N5O2. The number of fused-ring (bicyclic) bond motifs is 1. The predicted octanol–water partition coefficient (Wildman–Crippen LogP) is 1.37. The highest BCUT2D eigenvalue weighted by Gasteiger charge is 2.32. The van der Waals surface area contributed by atoms with E-state index in [1.165, 1.54) is 0 Å². The average molecular weight is 367 g/mol. The number of amides is 1. The Kier molecular flexibility index (Phi) is 4.83. The van der Waals surface area contributed by atoms with Crippen molar-refractivity contribution in [3.05, 3.63) is 42.2 Å². The summed E-state index contributed by atoms with van der Waals surface area (Å²) in [6.45, 7) is 5.98. The lowest BCUT2D eigenvalue weighted by Crippen LogP contribution is -2.54. The zero-order valence-electron chi connectivity index (χ0n) is 15.8. The molecule has 3 aliphatic heterocycles. The van der Waals surface area contributed by atoms with Crippen molar-refractivity contribution in [3.8, 4) is 5.75 Å². The maximum Gasteiger partial charge on any atom is 0.227 e. The molecule has 0 bridgehead atoms. The van der Waals surface area contributed by atoms with Crippen LogP contribution in [0.5, 0.6) is 5.75 Å². The Morgan fingerprint density at radius 3 is 2.81 bits per heavy atom. The molecule has 0 aromatic heterocycles. The Bertz CT molecular complexity index is 808. The first-order chi connectivity index (χ1) is 13.1. The zero-order chi connectivity index (χ0) is 18.8. The van der Waals surface area contributed by atoms with Crippen LogP contribution in [0.2, 0.25) is 0 Å². The van der Waals surface area contributed by atoms with Gasteiger partial charge in [0, 0.05) is 45.1 Å². The van der Waals surface area contributed by atoms with Gasteiger partial charge < -0.3 is 19.4 Å². The molecule has 1 aromatic carbocycles. The van der Waals surface area contributed by atoms with Crippen molar-refractivity contribution in [2.24, 2.45) is 9.98 Å². The average Bonchev–Trinajstić information content (AvgIpc) is 3.08. The number of hydrogen-bond donors (Lipinski definition) is 0. The SMILES string of the molecule is COc1cccc(CC(=O)N2CCN(C3=NC=CN4C[C@H](C)N=C34)CC2)c1. The van der Waals surface area contributed by atoms with E-state index in [2.05, 4.69) is 21.7 Å². The van der Waals surface area contributed by atoms with Crippen molar-refractivity contribution < 1.29 is 9.53 Å². The van der Waals surface area contributed by atoms with Crippen molar-refractivity contribution in [1.82, 2.24) is 14.7 Å². The highest BCUT2D eigenvalue weighted by atomic mass is 16.5. The van der Waals surface area contributed by atoms with E-state index in [4.69, 9.17) is 9.73 Å². The molecule has 1 aromatic rings. The molecule has 0 aliphatic carbocycles. The van der Waals surface area contributed by atoms with Crippen LogP contribution in [-0.4, -0.2) is 78.2 Å². The van der Waals surface area contributed by atoms with Crippen LogP contribution in [0.25, 0.3) is 0 Å². The van der Waals surface area contributed by atoms with Crippen molar-refractivity contribution in [3.63, 3.8) is 0 Å². The maximum absolute atomic E-state index is 12.7. The largest absolute Gasteiger partial charge is 0.497 e. The van der Waals surface area contributed by atoms with E-state index in [1.807, 2.05) is 41.6 Å². The van der Waals surface area contributed by atoms with Gasteiger partial charge in [-0.15, -0.1) is 0 Å². The third kappa shape index (κ3) is 3.67. The number of hydrogen-bond acceptors (Lipinski definition) is 6. The summed E-state index contributed by atoms with van der Waals surface area (Å²) in [5, 5.41) is 0. The molecule has 27 heavy (non-hydrogen) atoms. The quantitative estimate of drug-likeness (QED) is 0.810. The molecule has 4 rings (SSSR count). The first-order valence-corrected chi connectivity index (χ1v) is 9.39. The molecule has 0 spiro atoms. The Hall–Kier alpha value is -2.83. The number of nitrogens with zero attached hydrogens (tertiary/aromatic N) is 5. The predicted molar refractivity (Wildman–Crippen MR) is 105 cm³/mol. The Morgan fingerprint density at radius 1 is 1.22 bits per heavy atom. The molecule has 142 valence electrons. The normalized spacial score (nSPS) is 21.7. The number of rotatable bonds is 3. The van der Waals surface area contributed by atoms with Gasteiger partial charge in [-0.2, -0.15) is 0 Å². The van der Waals surface area contributed by atoms with E-state index in [0.29, 0.717) is 25.6 Å². The number of carbonyl (C=O) groups excluding carboxylic acids is 1. The maximum atomic E-state index is 12.7. The number of amidine groups is 2. The van der Waals surface area contributed by atoms with Gasteiger partial charge in [-0.3, -0.25) is 9.79 Å². The third-order valence-corrected chi connectivity index (χ3v) is 5.14. The Balaban J connectivity index is 1.36. The van der Waals surface area contributed by atoms with E-state index in [0.717, 1.165) is 42.6 Å². The molecule has 1 saturated heterocycles. The minimum absolute atomic E-state index is 0.154. The van der Waals surface area contributed by atoms with Gasteiger partial charge in [0.25, 0.3) is 0 Å². The van der Waals surface area contributed by atoms with Gasteiger partial charge in [-0.25, -0.2) is 4.99 Å². The van der Waals surface area contributed by atoms with Crippen LogP contribution in [0.1, 0.15) is 12.5 Å². The number of ether oxygens (including phenoxy) is 1. The van der Waals surface area contributed by atoms with Gasteiger partial charge in [-0.1, -0.05) is 12.1 Å². The van der Waals surface area contributed by atoms with Crippen LogP contribution in [0.3, 0.4) is 0 Å². The van der Waals surface area contributed by atoms with E-state index in [-0.39, 0.29) is 5.91 Å². The van der Waals surface area contributed by atoms with Crippen LogP contribution < -0.4 is 4.74 Å². The first-order valence-electron chi connectivity index (χ1n) is 9.39. The molecule has 0 saturated carbocycles. The van der Waals surface area contributed by atoms with Crippen molar-refractivity contribution in [2.75, 3.05) is 39.8 Å². The number of carbonyl (C=O) groups is 1. The lowest BCUT2D eigenvalue weighted by Gasteiger charge is -2.37. The number of piperazine rings is 1. The zero-order valence-corrected chi connectivity index (χ0v) is 15.8. The molecule has 1 amide bonds. The lowest BCUT2D eigenvalue weighted by molar-refractivity contribution is -0.131. The highest BCUT2D eigenvalue weighted by molar-refractivity contribution is 6.41. The summed E-state index contributed by atoms with van der Waals surface area (Å²) >= 11 is 0. The second-order valence-electron chi connectivity index (χ2n) is 7.10. The molecule has 0 unspecified atom stereocenters. The number of benzene rings is 1.